The van der Waals surface area contributed by atoms with E-state index in [0.29, 0.717) is 0 Å². The Hall–Kier alpha value is -2.46. The lowest BCUT2D eigenvalue weighted by Gasteiger charge is -2.33. The van der Waals surface area contributed by atoms with Crippen molar-refractivity contribution in [3.8, 4) is 5.75 Å². The third kappa shape index (κ3) is 3.49. The maximum Gasteiger partial charge on any atom is 0.143 e. The smallest absolute Gasteiger partial charge is 0.143 e. The van der Waals surface area contributed by atoms with Crippen LogP contribution in [-0.4, -0.2) is 37.8 Å². The van der Waals surface area contributed by atoms with Gasteiger partial charge in [0.15, 0.2) is 0 Å². The zero-order valence-electron chi connectivity index (χ0n) is 14.7. The van der Waals surface area contributed by atoms with Crippen LogP contribution in [0.2, 0.25) is 0 Å². The van der Waals surface area contributed by atoms with E-state index in [1.807, 2.05) is 6.07 Å². The monoisotopic (exact) mass is 335 g/mol. The van der Waals surface area contributed by atoms with Crippen LogP contribution in [-0.2, 0) is 6.42 Å². The summed E-state index contributed by atoms with van der Waals surface area (Å²) >= 11 is 0. The molecule has 0 fully saturated rings. The van der Waals surface area contributed by atoms with Crippen molar-refractivity contribution in [1.82, 2.24) is 10.3 Å². The summed E-state index contributed by atoms with van der Waals surface area (Å²) in [7, 11) is 2.13. The first-order chi connectivity index (χ1) is 12.3. The van der Waals surface area contributed by atoms with Crippen molar-refractivity contribution in [3.63, 3.8) is 0 Å². The van der Waals surface area contributed by atoms with Gasteiger partial charge >= 0.3 is 0 Å². The Kier molecular flexibility index (Phi) is 4.61. The summed E-state index contributed by atoms with van der Waals surface area (Å²) in [6.45, 7) is 2.81. The second kappa shape index (κ2) is 7.19. The molecule has 1 aliphatic heterocycles. The molecule has 1 aliphatic rings. The van der Waals surface area contributed by atoms with Crippen molar-refractivity contribution in [2.75, 3.05) is 31.6 Å². The van der Waals surface area contributed by atoms with Gasteiger partial charge in [0.2, 0.25) is 0 Å². The van der Waals surface area contributed by atoms with Gasteiger partial charge in [-0.1, -0.05) is 30.3 Å². The number of aromatic amines is 1. The highest BCUT2D eigenvalue weighted by Crippen LogP contribution is 2.31. The molecule has 1 atom stereocenters. The molecule has 0 aliphatic carbocycles. The van der Waals surface area contributed by atoms with Gasteiger partial charge in [0, 0.05) is 30.7 Å². The molecule has 1 unspecified atom stereocenters. The van der Waals surface area contributed by atoms with Gasteiger partial charge in [-0.25, -0.2) is 0 Å². The van der Waals surface area contributed by atoms with Gasteiger partial charge in [-0.3, -0.25) is 0 Å². The number of aromatic nitrogens is 1. The Bertz CT molecular complexity index is 842. The van der Waals surface area contributed by atoms with Crippen molar-refractivity contribution in [1.29, 1.82) is 0 Å². The first kappa shape index (κ1) is 16.0. The van der Waals surface area contributed by atoms with Crippen LogP contribution in [0.5, 0.6) is 5.75 Å². The van der Waals surface area contributed by atoms with E-state index in [-0.39, 0.29) is 6.10 Å². The molecule has 2 heterocycles. The molecule has 0 bridgehead atoms. The number of para-hydroxylation sites is 3. The topological polar surface area (TPSA) is 40.3 Å². The number of hydrogen-bond donors (Lipinski definition) is 2. The second-order valence-electron chi connectivity index (χ2n) is 6.76. The summed E-state index contributed by atoms with van der Waals surface area (Å²) in [4.78, 5) is 5.62. The molecule has 25 heavy (non-hydrogen) atoms. The van der Waals surface area contributed by atoms with Gasteiger partial charge in [0.05, 0.1) is 12.2 Å². The van der Waals surface area contributed by atoms with E-state index in [9.17, 15) is 0 Å². The quantitative estimate of drug-likeness (QED) is 0.676. The molecule has 2 aromatic carbocycles. The molecule has 0 saturated heterocycles. The van der Waals surface area contributed by atoms with Crippen molar-refractivity contribution < 1.29 is 4.74 Å². The summed E-state index contributed by atoms with van der Waals surface area (Å²) in [6, 6.07) is 16.8. The minimum absolute atomic E-state index is 0.202. The van der Waals surface area contributed by atoms with E-state index >= 15 is 0 Å². The van der Waals surface area contributed by atoms with Crippen molar-refractivity contribution in [2.24, 2.45) is 0 Å². The number of anilines is 1. The number of rotatable bonds is 6. The normalized spacial score (nSPS) is 16.7. The average Bonchev–Trinajstić information content (AvgIpc) is 3.05. The van der Waals surface area contributed by atoms with Crippen molar-refractivity contribution in [3.05, 3.63) is 60.3 Å². The SMILES string of the molecule is CN1CC(CNCCCc2c[nH]c3ccccc23)Oc2ccccc21. The Labute approximate surface area is 148 Å². The van der Waals surface area contributed by atoms with Gasteiger partial charge in [-0.15, -0.1) is 0 Å². The second-order valence-corrected chi connectivity index (χ2v) is 6.76. The first-order valence-corrected chi connectivity index (χ1v) is 9.04. The van der Waals surface area contributed by atoms with E-state index in [4.69, 9.17) is 4.74 Å². The molecular formula is C21H25N3O. The number of hydrogen-bond acceptors (Lipinski definition) is 3. The summed E-state index contributed by atoms with van der Waals surface area (Å²) in [5.41, 5.74) is 3.81. The van der Waals surface area contributed by atoms with Crippen molar-refractivity contribution >= 4 is 16.6 Å². The lowest BCUT2D eigenvalue weighted by molar-refractivity contribution is 0.192. The number of likely N-dealkylation sites (N-methyl/N-ethyl adjacent to an activating group) is 1. The molecular weight excluding hydrogens is 310 g/mol. The van der Waals surface area contributed by atoms with Gasteiger partial charge < -0.3 is 19.9 Å². The van der Waals surface area contributed by atoms with Crippen molar-refractivity contribution in [2.45, 2.75) is 18.9 Å². The first-order valence-electron chi connectivity index (χ1n) is 9.04. The maximum absolute atomic E-state index is 6.10. The largest absolute Gasteiger partial charge is 0.485 e. The zero-order chi connectivity index (χ0) is 17.1. The highest BCUT2D eigenvalue weighted by atomic mass is 16.5. The number of H-pyrrole nitrogens is 1. The predicted octanol–water partition coefficient (Wildman–Crippen LogP) is 3.59. The number of nitrogens with one attached hydrogen (secondary N) is 2. The standard InChI is InChI=1S/C21H25N3O/c1-24-15-17(25-21-11-5-4-10-20(21)24)14-22-12-6-7-16-13-23-19-9-3-2-8-18(16)19/h2-5,8-11,13,17,22-23H,6-7,12,14-15H2,1H3. The Morgan fingerprint density at radius 3 is 2.96 bits per heavy atom. The van der Waals surface area contributed by atoms with E-state index in [2.05, 4.69) is 70.9 Å². The van der Waals surface area contributed by atoms with Crippen LogP contribution in [0.25, 0.3) is 10.9 Å². The summed E-state index contributed by atoms with van der Waals surface area (Å²) in [5.74, 6) is 0.988. The number of nitrogens with zero attached hydrogens (tertiary/aromatic N) is 1. The molecule has 2 N–H and O–H groups in total. The van der Waals surface area contributed by atoms with E-state index in [1.54, 1.807) is 0 Å². The molecule has 130 valence electrons. The molecule has 1 aromatic heterocycles. The number of benzene rings is 2. The van der Waals surface area contributed by atoms with Crippen LogP contribution in [0.4, 0.5) is 5.69 Å². The summed E-state index contributed by atoms with van der Waals surface area (Å²) < 4.78 is 6.10. The fourth-order valence-corrected chi connectivity index (χ4v) is 3.60. The summed E-state index contributed by atoms with van der Waals surface area (Å²) in [5, 5.41) is 4.90. The average molecular weight is 335 g/mol. The molecule has 0 saturated carbocycles. The van der Waals surface area contributed by atoms with E-state index in [1.165, 1.54) is 22.2 Å². The van der Waals surface area contributed by atoms with Crippen LogP contribution >= 0.6 is 0 Å². The lowest BCUT2D eigenvalue weighted by Crippen LogP contribution is -2.43. The van der Waals surface area contributed by atoms with E-state index in [0.717, 1.165) is 38.2 Å². The Morgan fingerprint density at radius 1 is 1.16 bits per heavy atom. The van der Waals surface area contributed by atoms with Gasteiger partial charge in [-0.05, 0) is 43.1 Å². The third-order valence-electron chi connectivity index (χ3n) is 4.89. The number of ether oxygens (including phenoxy) is 1. The highest BCUT2D eigenvalue weighted by molar-refractivity contribution is 5.83. The molecule has 0 spiro atoms. The fraction of sp³-hybridized carbons (Fsp3) is 0.333. The highest BCUT2D eigenvalue weighted by Gasteiger charge is 2.22. The Morgan fingerprint density at radius 2 is 2.00 bits per heavy atom. The molecule has 4 heteroatoms. The molecule has 0 radical (unpaired) electrons. The number of fused-ring (bicyclic) bond motifs is 2. The Balaban J connectivity index is 1.24. The molecule has 3 aromatic rings. The third-order valence-corrected chi connectivity index (χ3v) is 4.89. The van der Waals surface area contributed by atoms with Crippen LogP contribution in [0, 0.1) is 0 Å². The zero-order valence-corrected chi connectivity index (χ0v) is 14.7. The van der Waals surface area contributed by atoms with Gasteiger partial charge in [0.25, 0.3) is 0 Å². The number of aryl methyl sites for hydroxylation is 1. The van der Waals surface area contributed by atoms with Crippen LogP contribution < -0.4 is 15.0 Å². The maximum atomic E-state index is 6.10. The summed E-state index contributed by atoms with van der Waals surface area (Å²) in [6.07, 6.45) is 4.56. The van der Waals surface area contributed by atoms with Crippen LogP contribution in [0.1, 0.15) is 12.0 Å². The fourth-order valence-electron chi connectivity index (χ4n) is 3.60. The predicted molar refractivity (Wildman–Crippen MR) is 104 cm³/mol. The minimum Gasteiger partial charge on any atom is -0.485 e. The molecule has 0 amide bonds. The van der Waals surface area contributed by atoms with Gasteiger partial charge in [-0.2, -0.15) is 0 Å². The lowest BCUT2D eigenvalue weighted by atomic mass is 10.1. The van der Waals surface area contributed by atoms with Crippen LogP contribution in [0.3, 0.4) is 0 Å². The van der Waals surface area contributed by atoms with Crippen LogP contribution in [0.15, 0.2) is 54.7 Å². The molecule has 4 rings (SSSR count). The van der Waals surface area contributed by atoms with Gasteiger partial charge in [0.1, 0.15) is 11.9 Å². The molecule has 4 nitrogen and oxygen atoms in total. The van der Waals surface area contributed by atoms with E-state index < -0.39 is 0 Å². The minimum atomic E-state index is 0.202.